The van der Waals surface area contributed by atoms with Crippen LogP contribution in [0.25, 0.3) is 4.85 Å². The first-order chi connectivity index (χ1) is 8.40. The van der Waals surface area contributed by atoms with Crippen molar-refractivity contribution >= 4 is 8.30 Å². The van der Waals surface area contributed by atoms with Crippen LogP contribution in [0.4, 0.5) is 0 Å². The highest BCUT2D eigenvalue weighted by atomic mass is 31.2. The van der Waals surface area contributed by atoms with E-state index >= 15 is 0 Å². The molecule has 18 heavy (non-hydrogen) atoms. The molecule has 106 valence electrons. The summed E-state index contributed by atoms with van der Waals surface area (Å²) in [5.74, 6) is 0.709. The van der Waals surface area contributed by atoms with E-state index in [0.717, 1.165) is 6.16 Å². The van der Waals surface area contributed by atoms with Crippen LogP contribution in [0.2, 0.25) is 0 Å². The summed E-state index contributed by atoms with van der Waals surface area (Å²) in [6.45, 7) is 21.3. The number of rotatable bonds is 9. The second kappa shape index (κ2) is 9.73. The molecule has 1 atom stereocenters. The summed E-state index contributed by atoms with van der Waals surface area (Å²) in [6, 6.07) is 0.993. The molecular weight excluding hydrogens is 243 g/mol. The first kappa shape index (κ1) is 17.8. The monoisotopic (exact) mass is 272 g/mol. The molecule has 0 rings (SSSR count). The van der Waals surface area contributed by atoms with Gasteiger partial charge in [0.25, 0.3) is 0 Å². The molecule has 0 aromatic rings. The van der Waals surface area contributed by atoms with Gasteiger partial charge in [-0.3, -0.25) is 4.67 Å². The van der Waals surface area contributed by atoms with E-state index in [2.05, 4.69) is 51.1 Å². The highest BCUT2D eigenvalue weighted by Gasteiger charge is 2.25. The zero-order valence-electron chi connectivity index (χ0n) is 12.8. The van der Waals surface area contributed by atoms with Crippen molar-refractivity contribution in [1.82, 2.24) is 4.67 Å². The van der Waals surface area contributed by atoms with Crippen LogP contribution in [-0.2, 0) is 4.52 Å². The lowest BCUT2D eigenvalue weighted by atomic mass is 10.2. The van der Waals surface area contributed by atoms with Gasteiger partial charge in [-0.25, -0.2) is 6.57 Å². The van der Waals surface area contributed by atoms with Crippen molar-refractivity contribution in [2.45, 2.75) is 60.0 Å². The molecule has 0 saturated heterocycles. The van der Waals surface area contributed by atoms with Gasteiger partial charge in [0.1, 0.15) is 14.9 Å². The first-order valence-electron chi connectivity index (χ1n) is 6.92. The molecule has 0 radical (unpaired) electrons. The third kappa shape index (κ3) is 7.31. The summed E-state index contributed by atoms with van der Waals surface area (Å²) >= 11 is 0. The molecule has 0 N–H and O–H groups in total. The smallest absolute Gasteiger partial charge is 0.238 e. The second-order valence-corrected chi connectivity index (χ2v) is 7.41. The van der Waals surface area contributed by atoms with E-state index < -0.39 is 8.30 Å². The maximum atomic E-state index is 6.83. The van der Waals surface area contributed by atoms with Gasteiger partial charge < -0.3 is 9.37 Å². The van der Waals surface area contributed by atoms with Crippen molar-refractivity contribution in [3.05, 3.63) is 11.4 Å². The zero-order chi connectivity index (χ0) is 14.1. The zero-order valence-corrected chi connectivity index (χ0v) is 13.7. The van der Waals surface area contributed by atoms with Gasteiger partial charge in [-0.2, -0.15) is 0 Å². The lowest BCUT2D eigenvalue weighted by molar-refractivity contribution is 0.258. The standard InChI is InChI=1S/C14H29N2OP/c1-12(2)8-11-18(17-10-9-15-7)16(13(3)4)14(5)6/h12-14H,8-11H2,1-6H3. The van der Waals surface area contributed by atoms with E-state index in [1.54, 1.807) is 0 Å². The molecule has 0 aromatic heterocycles. The Morgan fingerprint density at radius 3 is 2.06 bits per heavy atom. The molecule has 0 amide bonds. The largest absolute Gasteiger partial charge is 0.336 e. The number of hydrogen-bond acceptors (Lipinski definition) is 2. The Hall–Kier alpha value is -0.160. The lowest BCUT2D eigenvalue weighted by Gasteiger charge is -2.37. The molecule has 0 aromatic carbocycles. The van der Waals surface area contributed by atoms with Gasteiger partial charge in [0.05, 0.1) is 0 Å². The third-order valence-electron chi connectivity index (χ3n) is 2.66. The van der Waals surface area contributed by atoms with Crippen LogP contribution in [0.15, 0.2) is 0 Å². The number of hydrogen-bond donors (Lipinski definition) is 0. The summed E-state index contributed by atoms with van der Waals surface area (Å²) < 4.78 is 8.47. The normalized spacial score (nSPS) is 13.6. The first-order valence-corrected chi connectivity index (χ1v) is 8.31. The molecule has 3 nitrogen and oxygen atoms in total. The predicted octanol–water partition coefficient (Wildman–Crippen LogP) is 4.40. The van der Waals surface area contributed by atoms with Crippen LogP contribution in [0.1, 0.15) is 48.0 Å². The highest BCUT2D eigenvalue weighted by molar-refractivity contribution is 7.50. The molecule has 0 aliphatic heterocycles. The Kier molecular flexibility index (Phi) is 9.64. The van der Waals surface area contributed by atoms with Crippen LogP contribution in [0, 0.1) is 12.5 Å². The van der Waals surface area contributed by atoms with Gasteiger partial charge in [0, 0.05) is 18.2 Å². The van der Waals surface area contributed by atoms with E-state index in [-0.39, 0.29) is 0 Å². The van der Waals surface area contributed by atoms with E-state index in [4.69, 9.17) is 11.1 Å². The Bertz CT molecular complexity index is 241. The Balaban J connectivity index is 4.54. The SMILES string of the molecule is [C-]#[N+]CCOP(CCC(C)C)N(C(C)C)C(C)C. The molecular formula is C14H29N2OP. The van der Waals surface area contributed by atoms with Crippen molar-refractivity contribution in [2.75, 3.05) is 19.3 Å². The summed E-state index contributed by atoms with van der Waals surface area (Å²) in [5.41, 5.74) is 0. The molecule has 1 unspecified atom stereocenters. The molecule has 4 heteroatoms. The molecule has 0 aliphatic rings. The summed E-state index contributed by atoms with van der Waals surface area (Å²) in [6.07, 6.45) is 2.31. The Morgan fingerprint density at radius 1 is 1.11 bits per heavy atom. The molecule has 0 saturated carbocycles. The van der Waals surface area contributed by atoms with Gasteiger partial charge in [0.15, 0.2) is 0 Å². The van der Waals surface area contributed by atoms with Gasteiger partial charge in [-0.15, -0.1) is 0 Å². The van der Waals surface area contributed by atoms with Crippen LogP contribution >= 0.6 is 8.30 Å². The highest BCUT2D eigenvalue weighted by Crippen LogP contribution is 2.45. The minimum atomic E-state index is -0.557. The van der Waals surface area contributed by atoms with E-state index in [1.807, 2.05) is 0 Å². The summed E-state index contributed by atoms with van der Waals surface area (Å²) in [7, 11) is -0.557. The van der Waals surface area contributed by atoms with Gasteiger partial charge >= 0.3 is 0 Å². The predicted molar refractivity (Wildman–Crippen MR) is 80.8 cm³/mol. The van der Waals surface area contributed by atoms with Crippen LogP contribution in [0.5, 0.6) is 0 Å². The van der Waals surface area contributed by atoms with E-state index in [1.165, 1.54) is 6.42 Å². The Labute approximate surface area is 115 Å². The average Bonchev–Trinajstić information content (AvgIpc) is 2.24. The molecule has 0 aliphatic carbocycles. The third-order valence-corrected chi connectivity index (χ3v) is 5.22. The van der Waals surface area contributed by atoms with Gasteiger partial charge in [0.2, 0.25) is 6.54 Å². The molecule has 0 spiro atoms. The second-order valence-electron chi connectivity index (χ2n) is 5.54. The quantitative estimate of drug-likeness (QED) is 0.351. The molecule has 0 fully saturated rings. The fourth-order valence-corrected chi connectivity index (χ4v) is 4.47. The van der Waals surface area contributed by atoms with Crippen molar-refractivity contribution in [1.29, 1.82) is 0 Å². The van der Waals surface area contributed by atoms with Crippen molar-refractivity contribution in [3.8, 4) is 0 Å². The molecule has 0 bridgehead atoms. The van der Waals surface area contributed by atoms with Crippen molar-refractivity contribution in [2.24, 2.45) is 5.92 Å². The summed E-state index contributed by atoms with van der Waals surface area (Å²) in [4.78, 5) is 3.37. The minimum absolute atomic E-state index is 0.477. The van der Waals surface area contributed by atoms with Crippen molar-refractivity contribution < 1.29 is 4.52 Å². The maximum Gasteiger partial charge on any atom is 0.238 e. The van der Waals surface area contributed by atoms with Gasteiger partial charge in [-0.05, 0) is 40.0 Å². The fourth-order valence-electron chi connectivity index (χ4n) is 1.92. The van der Waals surface area contributed by atoms with Crippen LogP contribution in [-0.4, -0.2) is 36.1 Å². The van der Waals surface area contributed by atoms with E-state index in [0.29, 0.717) is 31.2 Å². The Morgan fingerprint density at radius 2 is 1.67 bits per heavy atom. The minimum Gasteiger partial charge on any atom is -0.336 e. The summed E-state index contributed by atoms with van der Waals surface area (Å²) in [5, 5.41) is 0. The molecule has 0 heterocycles. The van der Waals surface area contributed by atoms with Crippen LogP contribution in [0.3, 0.4) is 0 Å². The maximum absolute atomic E-state index is 6.83. The average molecular weight is 272 g/mol. The topological polar surface area (TPSA) is 16.8 Å². The fraction of sp³-hybridized carbons (Fsp3) is 0.929. The van der Waals surface area contributed by atoms with Gasteiger partial charge in [-0.1, -0.05) is 13.8 Å². The number of nitrogens with zero attached hydrogens (tertiary/aromatic N) is 2. The van der Waals surface area contributed by atoms with Crippen LogP contribution < -0.4 is 0 Å². The van der Waals surface area contributed by atoms with E-state index in [9.17, 15) is 0 Å². The lowest BCUT2D eigenvalue weighted by Crippen LogP contribution is -2.34. The van der Waals surface area contributed by atoms with Crippen molar-refractivity contribution in [3.63, 3.8) is 0 Å².